The van der Waals surface area contributed by atoms with E-state index in [1.165, 1.54) is 6.07 Å². The molecular formula is C19H19NO4S2. The van der Waals surface area contributed by atoms with Crippen molar-refractivity contribution in [2.75, 3.05) is 0 Å². The van der Waals surface area contributed by atoms with Crippen molar-refractivity contribution < 1.29 is 18.3 Å². The van der Waals surface area contributed by atoms with Crippen LogP contribution in [0.3, 0.4) is 0 Å². The van der Waals surface area contributed by atoms with Gasteiger partial charge in [0.15, 0.2) is 0 Å². The van der Waals surface area contributed by atoms with Crippen LogP contribution in [0.5, 0.6) is 0 Å². The first-order valence-corrected chi connectivity index (χ1v) is 10.6. The summed E-state index contributed by atoms with van der Waals surface area (Å²) in [6.07, 6.45) is 1.92. The average molecular weight is 389 g/mol. The molecule has 5 nitrogen and oxygen atoms in total. The summed E-state index contributed by atoms with van der Waals surface area (Å²) in [5, 5.41) is 9.65. The predicted octanol–water partition coefficient (Wildman–Crippen LogP) is 3.19. The molecule has 0 amide bonds. The van der Waals surface area contributed by atoms with Crippen LogP contribution in [0.4, 0.5) is 0 Å². The summed E-state index contributed by atoms with van der Waals surface area (Å²) in [5.74, 6) is 4.38. The monoisotopic (exact) mass is 389 g/mol. The maximum Gasteiger partial charge on any atom is 0.325 e. The number of thiophene rings is 1. The Morgan fingerprint density at radius 2 is 2.04 bits per heavy atom. The van der Waals surface area contributed by atoms with E-state index in [0.717, 1.165) is 29.7 Å². The van der Waals surface area contributed by atoms with Crippen LogP contribution in [0.15, 0.2) is 46.7 Å². The van der Waals surface area contributed by atoms with Crippen LogP contribution in [0.25, 0.3) is 0 Å². The topological polar surface area (TPSA) is 83.5 Å². The highest BCUT2D eigenvalue weighted by Gasteiger charge is 2.63. The van der Waals surface area contributed by atoms with Crippen molar-refractivity contribution in [2.24, 2.45) is 0 Å². The third kappa shape index (κ3) is 3.68. The van der Waals surface area contributed by atoms with E-state index in [0.29, 0.717) is 4.88 Å². The minimum atomic E-state index is -3.93. The number of carboxylic acids is 1. The van der Waals surface area contributed by atoms with E-state index in [9.17, 15) is 18.3 Å². The molecule has 7 heteroatoms. The largest absolute Gasteiger partial charge is 0.480 e. The quantitative estimate of drug-likeness (QED) is 0.743. The minimum Gasteiger partial charge on any atom is -0.480 e. The number of hydrogen-bond donors (Lipinski definition) is 2. The van der Waals surface area contributed by atoms with E-state index < -0.39 is 21.5 Å². The van der Waals surface area contributed by atoms with Crippen molar-refractivity contribution in [1.29, 1.82) is 0 Å². The summed E-state index contributed by atoms with van der Waals surface area (Å²) in [6.45, 7) is 2.02. The van der Waals surface area contributed by atoms with Crippen LogP contribution >= 0.6 is 11.3 Å². The fourth-order valence-electron chi connectivity index (χ4n) is 2.84. The number of sulfonamides is 1. The molecule has 1 heterocycles. The summed E-state index contributed by atoms with van der Waals surface area (Å²) in [4.78, 5) is 12.5. The number of rotatable bonds is 6. The summed E-state index contributed by atoms with van der Waals surface area (Å²) >= 11 is 1.05. The van der Waals surface area contributed by atoms with Gasteiger partial charge < -0.3 is 5.11 Å². The molecule has 1 saturated carbocycles. The van der Waals surface area contributed by atoms with Crippen LogP contribution in [0.2, 0.25) is 0 Å². The van der Waals surface area contributed by atoms with E-state index in [-0.39, 0.29) is 16.5 Å². The van der Waals surface area contributed by atoms with Gasteiger partial charge >= 0.3 is 5.97 Å². The molecule has 0 radical (unpaired) electrons. The normalized spacial score (nSPS) is 21.7. The fourth-order valence-corrected chi connectivity index (χ4v) is 5.43. The highest BCUT2D eigenvalue weighted by molar-refractivity contribution is 7.91. The zero-order valence-electron chi connectivity index (χ0n) is 14.2. The average Bonchev–Trinajstić information content (AvgIpc) is 3.12. The Balaban J connectivity index is 1.82. The molecular weight excluding hydrogens is 370 g/mol. The van der Waals surface area contributed by atoms with Gasteiger partial charge in [0.1, 0.15) is 9.75 Å². The van der Waals surface area contributed by atoms with Gasteiger partial charge in [-0.05, 0) is 30.5 Å². The molecule has 0 unspecified atom stereocenters. The van der Waals surface area contributed by atoms with E-state index in [1.807, 2.05) is 37.3 Å². The smallest absolute Gasteiger partial charge is 0.325 e. The second kappa shape index (κ2) is 7.23. The van der Waals surface area contributed by atoms with Gasteiger partial charge in [0, 0.05) is 12.3 Å². The molecule has 0 saturated heterocycles. The Hall–Kier alpha value is -2.14. The van der Waals surface area contributed by atoms with Gasteiger partial charge in [-0.1, -0.05) is 49.1 Å². The SMILES string of the molecule is CCCC#Cc1ccc(S(=O)(=O)N[C@@]2(C(=O)O)C[C@@H]2c2ccccc2)s1. The first-order chi connectivity index (χ1) is 12.4. The summed E-state index contributed by atoms with van der Waals surface area (Å²) < 4.78 is 27.9. The molecule has 2 N–H and O–H groups in total. The van der Waals surface area contributed by atoms with Gasteiger partial charge in [-0.25, -0.2) is 8.42 Å². The highest BCUT2D eigenvalue weighted by atomic mass is 32.2. The van der Waals surface area contributed by atoms with E-state index in [4.69, 9.17) is 0 Å². The molecule has 1 aromatic heterocycles. The lowest BCUT2D eigenvalue weighted by Gasteiger charge is -2.14. The molecule has 26 heavy (non-hydrogen) atoms. The number of carboxylic acid groups (broad SMARTS) is 1. The Kier molecular flexibility index (Phi) is 5.19. The zero-order valence-corrected chi connectivity index (χ0v) is 15.9. The maximum atomic E-state index is 12.7. The zero-order chi connectivity index (χ0) is 18.8. The first kappa shape index (κ1) is 18.6. The van der Waals surface area contributed by atoms with Gasteiger partial charge in [0.25, 0.3) is 10.0 Å². The van der Waals surface area contributed by atoms with Gasteiger partial charge in [-0.15, -0.1) is 11.3 Å². The molecule has 0 spiro atoms. The van der Waals surface area contributed by atoms with Crippen LogP contribution in [-0.2, 0) is 14.8 Å². The third-order valence-corrected chi connectivity index (χ3v) is 7.30. The Morgan fingerprint density at radius 3 is 2.69 bits per heavy atom. The summed E-state index contributed by atoms with van der Waals surface area (Å²) in [6, 6.07) is 12.2. The van der Waals surface area contributed by atoms with Gasteiger partial charge in [0.05, 0.1) is 4.88 Å². The molecule has 3 rings (SSSR count). The molecule has 1 aliphatic rings. The van der Waals surface area contributed by atoms with E-state index in [2.05, 4.69) is 16.6 Å². The van der Waals surface area contributed by atoms with Crippen LogP contribution in [-0.4, -0.2) is 25.0 Å². The highest BCUT2D eigenvalue weighted by Crippen LogP contribution is 2.52. The molecule has 2 atom stereocenters. The molecule has 136 valence electrons. The summed E-state index contributed by atoms with van der Waals surface area (Å²) in [5.41, 5.74) is -0.673. The molecule has 1 fully saturated rings. The van der Waals surface area contributed by atoms with Crippen LogP contribution in [0, 0.1) is 11.8 Å². The van der Waals surface area contributed by atoms with Crippen molar-refractivity contribution >= 4 is 27.3 Å². The molecule has 0 bridgehead atoms. The molecule has 2 aromatic rings. The van der Waals surface area contributed by atoms with Gasteiger partial charge in [-0.3, -0.25) is 4.79 Å². The lowest BCUT2D eigenvalue weighted by Crippen LogP contribution is -2.44. The number of hydrogen-bond acceptors (Lipinski definition) is 4. The number of benzene rings is 1. The molecule has 1 aromatic carbocycles. The number of aliphatic carboxylic acids is 1. The number of carbonyl (C=O) groups is 1. The Morgan fingerprint density at radius 1 is 1.31 bits per heavy atom. The van der Waals surface area contributed by atoms with Crippen molar-refractivity contribution in [3.63, 3.8) is 0 Å². The van der Waals surface area contributed by atoms with E-state index in [1.54, 1.807) is 6.07 Å². The number of nitrogens with one attached hydrogen (secondary N) is 1. The maximum absolute atomic E-state index is 12.7. The van der Waals surface area contributed by atoms with Gasteiger partial charge in [0.2, 0.25) is 0 Å². The summed E-state index contributed by atoms with van der Waals surface area (Å²) in [7, 11) is -3.93. The van der Waals surface area contributed by atoms with Crippen molar-refractivity contribution in [1.82, 2.24) is 4.72 Å². The second-order valence-corrected chi connectivity index (χ2v) is 9.21. The first-order valence-electron chi connectivity index (χ1n) is 8.30. The van der Waals surface area contributed by atoms with Crippen molar-refractivity contribution in [3.05, 3.63) is 52.9 Å². The van der Waals surface area contributed by atoms with Crippen molar-refractivity contribution in [2.45, 2.75) is 41.9 Å². The van der Waals surface area contributed by atoms with Crippen molar-refractivity contribution in [3.8, 4) is 11.8 Å². The van der Waals surface area contributed by atoms with Crippen LogP contribution < -0.4 is 4.72 Å². The predicted molar refractivity (Wildman–Crippen MR) is 101 cm³/mol. The molecule has 1 aliphatic carbocycles. The molecule has 0 aliphatic heterocycles. The fraction of sp³-hybridized carbons (Fsp3) is 0.316. The Bertz CT molecular complexity index is 970. The lowest BCUT2D eigenvalue weighted by molar-refractivity contribution is -0.140. The second-order valence-electron chi connectivity index (χ2n) is 6.22. The standard InChI is InChI=1S/C19H19NO4S2/c1-2-3-5-10-15-11-12-17(25-15)26(23,24)20-19(18(21)22)13-16(19)14-8-6-4-7-9-14/h4,6-9,11-12,16,20H,2-3,13H2,1H3,(H,21,22)/t16-,19+/m1/s1. The Labute approximate surface area is 157 Å². The van der Waals surface area contributed by atoms with Gasteiger partial charge in [-0.2, -0.15) is 4.72 Å². The number of unbranched alkanes of at least 4 members (excludes halogenated alkanes) is 1. The lowest BCUT2D eigenvalue weighted by atomic mass is 10.1. The third-order valence-electron chi connectivity index (χ3n) is 4.29. The van der Waals surface area contributed by atoms with Crippen LogP contribution in [0.1, 0.15) is 42.5 Å². The minimum absolute atomic E-state index is 0.0811. The van der Waals surface area contributed by atoms with E-state index >= 15 is 0 Å².